The van der Waals surface area contributed by atoms with Crippen molar-refractivity contribution in [3.8, 4) is 0 Å². The molecule has 0 saturated carbocycles. The molecule has 0 aliphatic heterocycles. The quantitative estimate of drug-likeness (QED) is 0.454. The van der Waals surface area contributed by atoms with Gasteiger partial charge in [0.1, 0.15) is 16.8 Å². The Bertz CT molecular complexity index is 1100. The summed E-state index contributed by atoms with van der Waals surface area (Å²) in [7, 11) is 3.08. The molecular weight excluding hydrogens is 350 g/mol. The highest BCUT2D eigenvalue weighted by Gasteiger charge is 2.17. The molecule has 27 heavy (non-hydrogen) atoms. The summed E-state index contributed by atoms with van der Waals surface area (Å²) in [6, 6.07) is 6.67. The average molecular weight is 371 g/mol. The minimum absolute atomic E-state index is 0.0263. The molecule has 3 heterocycles. The van der Waals surface area contributed by atoms with E-state index in [4.69, 9.17) is 14.9 Å². The Hall–Kier alpha value is -3.04. The van der Waals surface area contributed by atoms with Gasteiger partial charge in [-0.1, -0.05) is 6.07 Å². The Kier molecular flexibility index (Phi) is 5.63. The van der Waals surface area contributed by atoms with Crippen molar-refractivity contribution in [2.24, 2.45) is 0 Å². The third-order valence-electron chi connectivity index (χ3n) is 4.17. The van der Waals surface area contributed by atoms with E-state index >= 15 is 0 Å². The van der Waals surface area contributed by atoms with Crippen LogP contribution in [0.2, 0.25) is 0 Å². The fourth-order valence-electron chi connectivity index (χ4n) is 2.82. The predicted molar refractivity (Wildman–Crippen MR) is 98.9 cm³/mol. The van der Waals surface area contributed by atoms with Gasteiger partial charge in [0.15, 0.2) is 0 Å². The van der Waals surface area contributed by atoms with Crippen LogP contribution in [-0.4, -0.2) is 53.8 Å². The number of ether oxygens (including phenoxy) is 2. The molecule has 9 heteroatoms. The number of methoxy groups -OCH3 is 2. The first-order chi connectivity index (χ1) is 13.1. The lowest BCUT2D eigenvalue weighted by Crippen LogP contribution is -2.36. The van der Waals surface area contributed by atoms with Gasteiger partial charge in [0.2, 0.25) is 0 Å². The molecular formula is C18H21N5O4. The standard InChI is InChI=1S/C18H21N5O4/c1-26-9-6-20-17(24)12-11-13-16(23(15(12)19)8-10-27-2)21-14-5-3-4-7-22(14)18(13)25/h3-5,7,11,19H,6,8-10H2,1-2H3,(H,20,24). The molecule has 0 aliphatic rings. The smallest absolute Gasteiger partial charge is 0.267 e. The highest BCUT2D eigenvalue weighted by molar-refractivity contribution is 5.96. The third-order valence-corrected chi connectivity index (χ3v) is 4.17. The zero-order chi connectivity index (χ0) is 19.4. The van der Waals surface area contributed by atoms with Crippen molar-refractivity contribution in [2.75, 3.05) is 34.0 Å². The molecule has 0 spiro atoms. The number of aromatic nitrogens is 3. The van der Waals surface area contributed by atoms with Crippen LogP contribution in [0.15, 0.2) is 35.3 Å². The van der Waals surface area contributed by atoms with E-state index in [-0.39, 0.29) is 22.0 Å². The van der Waals surface area contributed by atoms with E-state index in [1.54, 1.807) is 31.5 Å². The molecule has 2 N–H and O–H groups in total. The summed E-state index contributed by atoms with van der Waals surface area (Å²) in [5.74, 6) is -0.442. The Balaban J connectivity index is 2.25. The Morgan fingerprint density at radius 2 is 2.04 bits per heavy atom. The number of carbonyl (C=O) groups is 1. The van der Waals surface area contributed by atoms with Crippen molar-refractivity contribution in [3.63, 3.8) is 0 Å². The van der Waals surface area contributed by atoms with Gasteiger partial charge in [-0.25, -0.2) is 4.98 Å². The number of nitrogens with zero attached hydrogens (tertiary/aromatic N) is 3. The molecule has 0 atom stereocenters. The Morgan fingerprint density at radius 3 is 2.78 bits per heavy atom. The summed E-state index contributed by atoms with van der Waals surface area (Å²) < 4.78 is 13.0. The molecule has 0 bridgehead atoms. The van der Waals surface area contributed by atoms with Crippen molar-refractivity contribution in [1.29, 1.82) is 5.41 Å². The Labute approximate surface area is 154 Å². The molecule has 0 saturated heterocycles. The number of hydrogen-bond acceptors (Lipinski definition) is 6. The van der Waals surface area contributed by atoms with Gasteiger partial charge < -0.3 is 19.4 Å². The van der Waals surface area contributed by atoms with E-state index < -0.39 is 5.91 Å². The van der Waals surface area contributed by atoms with Gasteiger partial charge in [-0.05, 0) is 18.2 Å². The van der Waals surface area contributed by atoms with Gasteiger partial charge in [-0.3, -0.25) is 19.4 Å². The van der Waals surface area contributed by atoms with Crippen LogP contribution in [0.1, 0.15) is 10.4 Å². The molecule has 0 aliphatic carbocycles. The van der Waals surface area contributed by atoms with Crippen LogP contribution in [0, 0.1) is 5.41 Å². The summed E-state index contributed by atoms with van der Waals surface area (Å²) in [5, 5.41) is 11.4. The summed E-state index contributed by atoms with van der Waals surface area (Å²) >= 11 is 0. The molecule has 0 fully saturated rings. The first-order valence-corrected chi connectivity index (χ1v) is 8.44. The lowest BCUT2D eigenvalue weighted by atomic mass is 10.2. The van der Waals surface area contributed by atoms with Crippen molar-refractivity contribution in [1.82, 2.24) is 19.3 Å². The molecule has 9 nitrogen and oxygen atoms in total. The maximum atomic E-state index is 12.9. The van der Waals surface area contributed by atoms with Gasteiger partial charge in [0.05, 0.1) is 24.2 Å². The highest BCUT2D eigenvalue weighted by atomic mass is 16.5. The lowest BCUT2D eigenvalue weighted by molar-refractivity contribution is 0.0934. The lowest BCUT2D eigenvalue weighted by Gasteiger charge is -2.14. The van der Waals surface area contributed by atoms with Crippen LogP contribution in [0.4, 0.5) is 0 Å². The van der Waals surface area contributed by atoms with Gasteiger partial charge in [-0.2, -0.15) is 0 Å². The number of carbonyl (C=O) groups excluding carboxylic acids is 1. The van der Waals surface area contributed by atoms with Crippen LogP contribution in [-0.2, 0) is 16.0 Å². The third kappa shape index (κ3) is 3.60. The van der Waals surface area contributed by atoms with Gasteiger partial charge in [0.25, 0.3) is 11.5 Å². The molecule has 1 amide bonds. The molecule has 3 aromatic heterocycles. The number of fused-ring (bicyclic) bond motifs is 2. The van der Waals surface area contributed by atoms with Crippen LogP contribution in [0.3, 0.4) is 0 Å². The minimum atomic E-state index is -0.442. The summed E-state index contributed by atoms with van der Waals surface area (Å²) in [6.45, 7) is 1.27. The molecule has 3 rings (SSSR count). The second-order valence-corrected chi connectivity index (χ2v) is 5.88. The van der Waals surface area contributed by atoms with Crippen LogP contribution in [0.5, 0.6) is 0 Å². The van der Waals surface area contributed by atoms with E-state index in [0.717, 1.165) is 0 Å². The maximum Gasteiger partial charge on any atom is 0.267 e. The number of amides is 1. The van der Waals surface area contributed by atoms with E-state index in [1.807, 2.05) is 0 Å². The predicted octanol–water partition coefficient (Wildman–Crippen LogP) is 0.151. The topological polar surface area (TPSA) is 111 Å². The van der Waals surface area contributed by atoms with Gasteiger partial charge >= 0.3 is 0 Å². The van der Waals surface area contributed by atoms with Crippen LogP contribution < -0.4 is 16.4 Å². The number of pyridine rings is 2. The zero-order valence-corrected chi connectivity index (χ0v) is 15.2. The summed E-state index contributed by atoms with van der Waals surface area (Å²) in [6.07, 6.45) is 1.62. The van der Waals surface area contributed by atoms with Crippen LogP contribution >= 0.6 is 0 Å². The molecule has 142 valence electrons. The number of hydrogen-bond donors (Lipinski definition) is 2. The fourth-order valence-corrected chi connectivity index (χ4v) is 2.82. The summed E-state index contributed by atoms with van der Waals surface area (Å²) in [4.78, 5) is 30.0. The Morgan fingerprint density at radius 1 is 1.26 bits per heavy atom. The molecule has 0 unspecified atom stereocenters. The zero-order valence-electron chi connectivity index (χ0n) is 15.2. The van der Waals surface area contributed by atoms with Crippen molar-refractivity contribution < 1.29 is 14.3 Å². The minimum Gasteiger partial charge on any atom is -0.383 e. The highest BCUT2D eigenvalue weighted by Crippen LogP contribution is 2.10. The number of nitrogens with one attached hydrogen (secondary N) is 2. The largest absolute Gasteiger partial charge is 0.383 e. The van der Waals surface area contributed by atoms with E-state index in [0.29, 0.717) is 37.6 Å². The van der Waals surface area contributed by atoms with Crippen molar-refractivity contribution in [3.05, 3.63) is 51.9 Å². The second kappa shape index (κ2) is 8.11. The molecule has 3 aromatic rings. The van der Waals surface area contributed by atoms with Crippen LogP contribution in [0.25, 0.3) is 16.7 Å². The second-order valence-electron chi connectivity index (χ2n) is 5.88. The summed E-state index contributed by atoms with van der Waals surface area (Å²) in [5.41, 5.74) is 0.596. The fraction of sp³-hybridized carbons (Fsp3) is 0.333. The van der Waals surface area contributed by atoms with Crippen molar-refractivity contribution in [2.45, 2.75) is 6.54 Å². The van der Waals surface area contributed by atoms with E-state index in [1.165, 1.54) is 22.1 Å². The monoisotopic (exact) mass is 371 g/mol. The van der Waals surface area contributed by atoms with Crippen molar-refractivity contribution >= 4 is 22.6 Å². The van der Waals surface area contributed by atoms with E-state index in [2.05, 4.69) is 10.3 Å². The normalized spacial score (nSPS) is 11.2. The van der Waals surface area contributed by atoms with E-state index in [9.17, 15) is 9.59 Å². The first kappa shape index (κ1) is 18.7. The number of rotatable bonds is 7. The maximum absolute atomic E-state index is 12.9. The average Bonchev–Trinajstić information content (AvgIpc) is 2.67. The van der Waals surface area contributed by atoms with Gasteiger partial charge in [-0.15, -0.1) is 0 Å². The molecule has 0 aromatic carbocycles. The molecule has 0 radical (unpaired) electrons. The van der Waals surface area contributed by atoms with Gasteiger partial charge in [0, 0.05) is 33.5 Å². The SMILES string of the molecule is COCCNC(=O)c1cc2c(=O)n3ccccc3nc2n(CCOC)c1=N. The first-order valence-electron chi connectivity index (χ1n) is 8.44.